The maximum absolute atomic E-state index is 12.6. The molecule has 1 aliphatic rings. The monoisotopic (exact) mass is 478 g/mol. The Bertz CT molecular complexity index is 869. The van der Waals surface area contributed by atoms with Crippen molar-refractivity contribution in [3.05, 3.63) is 29.8 Å². The highest BCUT2D eigenvalue weighted by molar-refractivity contribution is 8.14. The number of anilines is 1. The molecule has 33 heavy (non-hydrogen) atoms. The van der Waals surface area contributed by atoms with Crippen molar-refractivity contribution < 1.29 is 23.9 Å². The minimum absolute atomic E-state index is 0.0293. The smallest absolute Gasteiger partial charge is 0.407 e. The van der Waals surface area contributed by atoms with Crippen molar-refractivity contribution in [2.24, 2.45) is 5.92 Å². The second-order valence-corrected chi connectivity index (χ2v) is 10.2. The van der Waals surface area contributed by atoms with E-state index in [-0.39, 0.29) is 24.0 Å². The highest BCUT2D eigenvalue weighted by Gasteiger charge is 2.25. The van der Waals surface area contributed by atoms with Crippen molar-refractivity contribution >= 4 is 40.6 Å². The molecule has 182 valence electrons. The molecule has 1 aliphatic heterocycles. The predicted octanol–water partition coefficient (Wildman–Crippen LogP) is 3.38. The van der Waals surface area contributed by atoms with E-state index < -0.39 is 28.9 Å². The molecule has 0 aliphatic carbocycles. The molecule has 1 heterocycles. The zero-order valence-electron chi connectivity index (χ0n) is 19.9. The average Bonchev–Trinajstić information content (AvgIpc) is 2.73. The van der Waals surface area contributed by atoms with E-state index in [1.807, 2.05) is 38.1 Å². The van der Waals surface area contributed by atoms with E-state index in [2.05, 4.69) is 16.2 Å². The van der Waals surface area contributed by atoms with Crippen LogP contribution in [0.5, 0.6) is 0 Å². The highest BCUT2D eigenvalue weighted by Crippen LogP contribution is 2.27. The zero-order valence-corrected chi connectivity index (χ0v) is 20.7. The van der Waals surface area contributed by atoms with E-state index >= 15 is 0 Å². The van der Waals surface area contributed by atoms with Gasteiger partial charge in [-0.2, -0.15) is 0 Å². The lowest BCUT2D eigenvalue weighted by Crippen LogP contribution is -2.47. The van der Waals surface area contributed by atoms with Crippen LogP contribution < -0.4 is 21.1 Å². The molecule has 3 N–H and O–H groups in total. The number of carbonyl (C=O) groups is 4. The van der Waals surface area contributed by atoms with E-state index in [4.69, 9.17) is 4.74 Å². The molecule has 0 aromatic heterocycles. The summed E-state index contributed by atoms with van der Waals surface area (Å²) in [5.74, 6) is -0.686. The first-order chi connectivity index (χ1) is 15.5. The van der Waals surface area contributed by atoms with Crippen molar-refractivity contribution in [1.82, 2.24) is 16.2 Å². The third-order valence-electron chi connectivity index (χ3n) is 4.95. The van der Waals surface area contributed by atoms with Crippen LogP contribution in [0.1, 0.15) is 53.0 Å². The molecule has 0 saturated carbocycles. The van der Waals surface area contributed by atoms with Gasteiger partial charge in [-0.15, -0.1) is 0 Å². The molecule has 9 nitrogen and oxygen atoms in total. The quantitative estimate of drug-likeness (QED) is 0.540. The van der Waals surface area contributed by atoms with Gasteiger partial charge in [0, 0.05) is 24.7 Å². The molecule has 1 aromatic rings. The summed E-state index contributed by atoms with van der Waals surface area (Å²) in [5, 5.41) is 2.15. The van der Waals surface area contributed by atoms with Gasteiger partial charge in [0.2, 0.25) is 11.8 Å². The van der Waals surface area contributed by atoms with Crippen molar-refractivity contribution in [3.63, 3.8) is 0 Å². The Hall–Kier alpha value is -2.75. The topological polar surface area (TPSA) is 117 Å². The number of fused-ring (bicyclic) bond motifs is 1. The van der Waals surface area contributed by atoms with E-state index in [1.165, 1.54) is 0 Å². The number of para-hydroxylation sites is 1. The first-order valence-electron chi connectivity index (χ1n) is 11.1. The van der Waals surface area contributed by atoms with Gasteiger partial charge in [0.15, 0.2) is 0 Å². The zero-order chi connectivity index (χ0) is 24.6. The fourth-order valence-corrected chi connectivity index (χ4v) is 3.85. The van der Waals surface area contributed by atoms with Gasteiger partial charge in [-0.05, 0) is 51.2 Å². The molecular formula is C23H34N4O5S. The molecular weight excluding hydrogens is 444 g/mol. The van der Waals surface area contributed by atoms with Crippen LogP contribution in [-0.4, -0.2) is 47.1 Å². The second-order valence-electron chi connectivity index (χ2n) is 9.23. The van der Waals surface area contributed by atoms with Crippen LogP contribution in [0, 0.1) is 5.92 Å². The number of hydrogen-bond acceptors (Lipinski definition) is 6. The fourth-order valence-electron chi connectivity index (χ4n) is 3.32. The van der Waals surface area contributed by atoms with Crippen LogP contribution in [0.4, 0.5) is 15.3 Å². The summed E-state index contributed by atoms with van der Waals surface area (Å²) in [6.45, 7) is 9.63. The van der Waals surface area contributed by atoms with Crippen LogP contribution in [0.3, 0.4) is 0 Å². The molecule has 0 bridgehead atoms. The maximum atomic E-state index is 12.6. The normalized spacial score (nSPS) is 14.2. The first-order valence-corrected chi connectivity index (χ1v) is 12.0. The molecule has 0 saturated heterocycles. The molecule has 4 amide bonds. The number of carbonyl (C=O) groups excluding carboxylic acids is 4. The average molecular weight is 479 g/mol. The molecule has 0 fully saturated rings. The van der Waals surface area contributed by atoms with Gasteiger partial charge in [-0.25, -0.2) is 4.79 Å². The van der Waals surface area contributed by atoms with Gasteiger partial charge >= 0.3 is 6.09 Å². The molecule has 1 atom stereocenters. The van der Waals surface area contributed by atoms with Gasteiger partial charge in [0.1, 0.15) is 5.60 Å². The Morgan fingerprint density at radius 3 is 2.48 bits per heavy atom. The summed E-state index contributed by atoms with van der Waals surface area (Å²) in [5.41, 5.74) is 6.00. The summed E-state index contributed by atoms with van der Waals surface area (Å²) >= 11 is 0.791. The Balaban J connectivity index is 1.76. The van der Waals surface area contributed by atoms with Crippen molar-refractivity contribution in [2.45, 2.75) is 65.5 Å². The minimum atomic E-state index is -0.646. The third-order valence-corrected chi connectivity index (χ3v) is 5.71. The number of hydrazine groups is 1. The number of rotatable bonds is 6. The van der Waals surface area contributed by atoms with Gasteiger partial charge < -0.3 is 15.0 Å². The van der Waals surface area contributed by atoms with Crippen LogP contribution >= 0.6 is 11.8 Å². The lowest BCUT2D eigenvalue weighted by molar-refractivity contribution is -0.122. The number of benzene rings is 1. The largest absolute Gasteiger partial charge is 0.444 e. The van der Waals surface area contributed by atoms with Gasteiger partial charge in [0.05, 0.1) is 5.75 Å². The summed E-state index contributed by atoms with van der Waals surface area (Å²) in [4.78, 5) is 50.7. The Kier molecular flexibility index (Phi) is 9.57. The number of nitrogens with zero attached hydrogens (tertiary/aromatic N) is 1. The SMILES string of the molecule is CC(C)[C@@H](CC(=O)NNC(=O)SCC(=O)N1CCCc2ccccc21)NC(=O)OC(C)(C)C. The van der Waals surface area contributed by atoms with Crippen LogP contribution in [0.2, 0.25) is 0 Å². The Morgan fingerprint density at radius 1 is 1.12 bits per heavy atom. The number of aryl methyl sites for hydroxylation is 1. The van der Waals surface area contributed by atoms with Crippen LogP contribution in [-0.2, 0) is 20.7 Å². The first kappa shape index (κ1) is 26.5. The Morgan fingerprint density at radius 2 is 1.82 bits per heavy atom. The maximum Gasteiger partial charge on any atom is 0.407 e. The minimum Gasteiger partial charge on any atom is -0.444 e. The number of hydrogen-bond donors (Lipinski definition) is 3. The summed E-state index contributed by atoms with van der Waals surface area (Å²) in [6, 6.07) is 7.29. The fraction of sp³-hybridized carbons (Fsp3) is 0.565. The van der Waals surface area contributed by atoms with E-state index in [0.717, 1.165) is 35.9 Å². The van der Waals surface area contributed by atoms with Crippen LogP contribution in [0.15, 0.2) is 24.3 Å². The Labute approximate surface area is 199 Å². The number of thioether (sulfide) groups is 1. The molecule has 10 heteroatoms. The molecule has 0 unspecified atom stereocenters. The predicted molar refractivity (Wildman–Crippen MR) is 129 cm³/mol. The van der Waals surface area contributed by atoms with Crippen molar-refractivity contribution in [1.29, 1.82) is 0 Å². The lowest BCUT2D eigenvalue weighted by Gasteiger charge is -2.29. The lowest BCUT2D eigenvalue weighted by atomic mass is 10.0. The van der Waals surface area contributed by atoms with Gasteiger partial charge in [0.25, 0.3) is 5.24 Å². The summed E-state index contributed by atoms with van der Waals surface area (Å²) < 4.78 is 5.23. The van der Waals surface area contributed by atoms with E-state index in [1.54, 1.807) is 25.7 Å². The van der Waals surface area contributed by atoms with E-state index in [9.17, 15) is 19.2 Å². The molecule has 1 aromatic carbocycles. The van der Waals surface area contributed by atoms with Gasteiger partial charge in [-0.3, -0.25) is 25.2 Å². The van der Waals surface area contributed by atoms with E-state index in [0.29, 0.717) is 6.54 Å². The van der Waals surface area contributed by atoms with Crippen molar-refractivity contribution in [3.8, 4) is 0 Å². The molecule has 0 radical (unpaired) electrons. The summed E-state index contributed by atoms with van der Waals surface area (Å²) in [7, 11) is 0. The van der Waals surface area contributed by atoms with Crippen LogP contribution in [0.25, 0.3) is 0 Å². The standard InChI is InChI=1S/C23H34N4O5S/c1-15(2)17(24-21(30)32-23(3,4)5)13-19(28)25-26-22(31)33-14-20(29)27-12-8-10-16-9-6-7-11-18(16)27/h6-7,9,11,15,17H,8,10,12-14H2,1-5H3,(H,24,30)(H,25,28)(H,26,31)/t17-/m1/s1. The highest BCUT2D eigenvalue weighted by atomic mass is 32.2. The molecule has 2 rings (SSSR count). The second kappa shape index (κ2) is 11.9. The summed E-state index contributed by atoms with van der Waals surface area (Å²) in [6.07, 6.45) is 1.17. The number of alkyl carbamates (subject to hydrolysis) is 1. The third kappa shape index (κ3) is 8.95. The molecule has 0 spiro atoms. The van der Waals surface area contributed by atoms with Crippen molar-refractivity contribution in [2.75, 3.05) is 17.2 Å². The number of amides is 4. The van der Waals surface area contributed by atoms with Gasteiger partial charge in [-0.1, -0.05) is 43.8 Å². The number of nitrogens with one attached hydrogen (secondary N) is 3. The number of ether oxygens (including phenoxy) is 1.